The number of hydrogen-bond donors (Lipinski definition) is 1. The second-order valence-electron chi connectivity index (χ2n) is 5.88. The topological polar surface area (TPSA) is 62.3 Å². The molecule has 5 nitrogen and oxygen atoms in total. The molecule has 1 saturated heterocycles. The molecule has 1 aliphatic rings. The first-order chi connectivity index (χ1) is 11.5. The van der Waals surface area contributed by atoms with Crippen molar-refractivity contribution in [2.45, 2.75) is 25.8 Å². The molecule has 1 aromatic heterocycles. The molecule has 3 rings (SSSR count). The lowest BCUT2D eigenvalue weighted by Gasteiger charge is -2.38. The van der Waals surface area contributed by atoms with Gasteiger partial charge in [0.2, 0.25) is 11.8 Å². The number of aryl methyl sites for hydroxylation is 1. The number of hydrogen-bond acceptors (Lipinski definition) is 4. The Morgan fingerprint density at radius 1 is 1.42 bits per heavy atom. The third-order valence-corrected chi connectivity index (χ3v) is 5.10. The summed E-state index contributed by atoms with van der Waals surface area (Å²) in [5.74, 6) is -1.25. The number of likely N-dealkylation sites (tertiary alicyclic amines) is 1. The normalized spacial score (nSPS) is 21.0. The van der Waals surface area contributed by atoms with Gasteiger partial charge in [0.25, 0.3) is 0 Å². The molecule has 2 amide bonds. The Kier molecular flexibility index (Phi) is 4.62. The summed E-state index contributed by atoms with van der Waals surface area (Å²) in [6.07, 6.45) is 2.35. The smallest absolute Gasteiger partial charge is 0.231 e. The number of carbonyl (C=O) groups excluding carboxylic acids is 2. The average molecular weight is 347 g/mol. The second-order valence-corrected chi connectivity index (χ2v) is 7.12. The molecule has 1 N–H and O–H groups in total. The van der Waals surface area contributed by atoms with Gasteiger partial charge in [-0.3, -0.25) is 9.59 Å². The molecular weight excluding hydrogens is 329 g/mol. The third kappa shape index (κ3) is 3.17. The van der Waals surface area contributed by atoms with E-state index in [1.807, 2.05) is 6.92 Å². The first-order valence-corrected chi connectivity index (χ1v) is 8.52. The largest absolute Gasteiger partial charge is 0.338 e. The monoisotopic (exact) mass is 347 g/mol. The van der Waals surface area contributed by atoms with E-state index in [1.165, 1.54) is 22.3 Å². The lowest BCUT2D eigenvalue weighted by atomic mass is 9.84. The standard InChI is InChI=1S/C17H18FN3O2S/c1-10-9-19-17(24-10)20-16(23)12-7-8-14(22)21(2)15(12)11-5-3-4-6-13(11)18/h3-6,9,12,15H,7-8H2,1-2H3,(H,19,20,23)/t12-,15+/m0/s1. The molecule has 2 heterocycles. The van der Waals surface area contributed by atoms with Gasteiger partial charge < -0.3 is 10.2 Å². The number of anilines is 1. The number of halogens is 1. The number of carbonyl (C=O) groups is 2. The van der Waals surface area contributed by atoms with Crippen molar-refractivity contribution in [3.63, 3.8) is 0 Å². The molecule has 0 unspecified atom stereocenters. The highest BCUT2D eigenvalue weighted by Crippen LogP contribution is 2.37. The number of piperidine rings is 1. The zero-order valence-corrected chi connectivity index (χ0v) is 14.3. The van der Waals surface area contributed by atoms with Crippen molar-refractivity contribution in [2.75, 3.05) is 12.4 Å². The molecule has 0 aliphatic carbocycles. The van der Waals surface area contributed by atoms with Gasteiger partial charge in [-0.25, -0.2) is 9.37 Å². The first kappa shape index (κ1) is 16.6. The summed E-state index contributed by atoms with van der Waals surface area (Å²) >= 11 is 1.38. The van der Waals surface area contributed by atoms with E-state index < -0.39 is 17.8 Å². The van der Waals surface area contributed by atoms with E-state index in [9.17, 15) is 14.0 Å². The molecular formula is C17H18FN3O2S. The van der Waals surface area contributed by atoms with Crippen LogP contribution in [0.25, 0.3) is 0 Å². The van der Waals surface area contributed by atoms with Crippen LogP contribution in [0.4, 0.5) is 9.52 Å². The third-order valence-electron chi connectivity index (χ3n) is 4.27. The molecule has 126 valence electrons. The number of amides is 2. The van der Waals surface area contributed by atoms with Gasteiger partial charge in [-0.2, -0.15) is 0 Å². The summed E-state index contributed by atoms with van der Waals surface area (Å²) in [6, 6.07) is 5.67. The highest BCUT2D eigenvalue weighted by atomic mass is 32.1. The number of nitrogens with zero attached hydrogens (tertiary/aromatic N) is 2. The minimum atomic E-state index is -0.617. The number of rotatable bonds is 3. The van der Waals surface area contributed by atoms with Crippen LogP contribution in [0.5, 0.6) is 0 Å². The van der Waals surface area contributed by atoms with E-state index in [0.29, 0.717) is 17.1 Å². The summed E-state index contributed by atoms with van der Waals surface area (Å²) in [5, 5.41) is 3.31. The SMILES string of the molecule is Cc1cnc(NC(=O)[C@H]2CCC(=O)N(C)[C@@H]2c2ccccc2F)s1. The summed E-state index contributed by atoms with van der Waals surface area (Å²) in [7, 11) is 1.62. The quantitative estimate of drug-likeness (QED) is 0.928. The molecule has 1 aromatic carbocycles. The van der Waals surface area contributed by atoms with E-state index in [4.69, 9.17) is 0 Å². The maximum absolute atomic E-state index is 14.3. The Bertz CT molecular complexity index is 777. The predicted molar refractivity (Wildman–Crippen MR) is 90.1 cm³/mol. The molecule has 1 fully saturated rings. The fraction of sp³-hybridized carbons (Fsp3) is 0.353. The van der Waals surface area contributed by atoms with Crippen molar-refractivity contribution in [3.8, 4) is 0 Å². The molecule has 2 aromatic rings. The van der Waals surface area contributed by atoms with Crippen LogP contribution in [0.1, 0.15) is 29.3 Å². The number of aromatic nitrogens is 1. The minimum Gasteiger partial charge on any atom is -0.338 e. The van der Waals surface area contributed by atoms with Gasteiger partial charge in [0.1, 0.15) is 5.82 Å². The van der Waals surface area contributed by atoms with E-state index in [1.54, 1.807) is 31.4 Å². The Morgan fingerprint density at radius 3 is 2.83 bits per heavy atom. The molecule has 0 bridgehead atoms. The fourth-order valence-electron chi connectivity index (χ4n) is 3.06. The van der Waals surface area contributed by atoms with Crippen molar-refractivity contribution in [1.82, 2.24) is 9.88 Å². The molecule has 1 aliphatic heterocycles. The summed E-state index contributed by atoms with van der Waals surface area (Å²) in [5.41, 5.74) is 0.364. The zero-order chi connectivity index (χ0) is 17.3. The van der Waals surface area contributed by atoms with Gasteiger partial charge in [0.15, 0.2) is 5.13 Å². The average Bonchev–Trinajstić information content (AvgIpc) is 2.95. The van der Waals surface area contributed by atoms with Gasteiger partial charge in [-0.1, -0.05) is 18.2 Å². The Morgan fingerprint density at radius 2 is 2.17 bits per heavy atom. The van der Waals surface area contributed by atoms with Gasteiger partial charge in [-0.15, -0.1) is 11.3 Å². The maximum atomic E-state index is 14.3. The van der Waals surface area contributed by atoms with Gasteiger partial charge in [0, 0.05) is 30.1 Å². The Hall–Kier alpha value is -2.28. The minimum absolute atomic E-state index is 0.0857. The molecule has 0 saturated carbocycles. The first-order valence-electron chi connectivity index (χ1n) is 7.70. The lowest BCUT2D eigenvalue weighted by Crippen LogP contribution is -2.44. The van der Waals surface area contributed by atoms with Crippen molar-refractivity contribution in [2.24, 2.45) is 5.92 Å². The van der Waals surface area contributed by atoms with E-state index in [0.717, 1.165) is 4.88 Å². The highest BCUT2D eigenvalue weighted by molar-refractivity contribution is 7.15. The van der Waals surface area contributed by atoms with Crippen LogP contribution in [0, 0.1) is 18.7 Å². The maximum Gasteiger partial charge on any atom is 0.231 e. The van der Waals surface area contributed by atoms with E-state index in [2.05, 4.69) is 10.3 Å². The summed E-state index contributed by atoms with van der Waals surface area (Å²) in [4.78, 5) is 31.4. The van der Waals surface area contributed by atoms with Crippen LogP contribution in [0.3, 0.4) is 0 Å². The Labute approximate surface area is 143 Å². The van der Waals surface area contributed by atoms with Crippen LogP contribution < -0.4 is 5.32 Å². The summed E-state index contributed by atoms with van der Waals surface area (Å²) < 4.78 is 14.3. The second kappa shape index (κ2) is 6.68. The van der Waals surface area contributed by atoms with Crippen molar-refractivity contribution in [3.05, 3.63) is 46.7 Å². The molecule has 7 heteroatoms. The van der Waals surface area contributed by atoms with E-state index >= 15 is 0 Å². The number of nitrogens with one attached hydrogen (secondary N) is 1. The van der Waals surface area contributed by atoms with Crippen LogP contribution in [0.15, 0.2) is 30.5 Å². The van der Waals surface area contributed by atoms with Gasteiger partial charge >= 0.3 is 0 Å². The van der Waals surface area contributed by atoms with Crippen molar-refractivity contribution in [1.29, 1.82) is 0 Å². The van der Waals surface area contributed by atoms with Crippen LogP contribution in [0.2, 0.25) is 0 Å². The highest BCUT2D eigenvalue weighted by Gasteiger charge is 2.40. The molecule has 2 atom stereocenters. The van der Waals surface area contributed by atoms with Crippen molar-refractivity contribution < 1.29 is 14.0 Å². The van der Waals surface area contributed by atoms with Crippen LogP contribution in [-0.2, 0) is 9.59 Å². The lowest BCUT2D eigenvalue weighted by molar-refractivity contribution is -0.140. The molecule has 0 radical (unpaired) electrons. The summed E-state index contributed by atoms with van der Waals surface area (Å²) in [6.45, 7) is 1.91. The predicted octanol–water partition coefficient (Wildman–Crippen LogP) is 3.14. The number of benzene rings is 1. The fourth-order valence-corrected chi connectivity index (χ4v) is 3.73. The van der Waals surface area contributed by atoms with Crippen molar-refractivity contribution >= 4 is 28.3 Å². The molecule has 24 heavy (non-hydrogen) atoms. The number of thiazole rings is 1. The van der Waals surface area contributed by atoms with Gasteiger partial charge in [0.05, 0.1) is 12.0 Å². The zero-order valence-electron chi connectivity index (χ0n) is 13.5. The van der Waals surface area contributed by atoms with Crippen LogP contribution >= 0.6 is 11.3 Å². The molecule has 0 spiro atoms. The van der Waals surface area contributed by atoms with E-state index in [-0.39, 0.29) is 18.2 Å². The van der Waals surface area contributed by atoms with Crippen LogP contribution in [-0.4, -0.2) is 28.7 Å². The van der Waals surface area contributed by atoms with Gasteiger partial charge in [-0.05, 0) is 19.4 Å². The Balaban J connectivity index is 1.90.